The number of nitrogens with zero attached hydrogens (tertiary/aromatic N) is 2. The van der Waals surface area contributed by atoms with Crippen molar-refractivity contribution in [3.05, 3.63) is 44.2 Å². The van der Waals surface area contributed by atoms with Crippen LogP contribution < -0.4 is 11.3 Å². The molecule has 0 bridgehead atoms. The number of hydrogen-bond acceptors (Lipinski definition) is 5. The second kappa shape index (κ2) is 7.02. The molecule has 0 saturated heterocycles. The maximum atomic E-state index is 12.5. The summed E-state index contributed by atoms with van der Waals surface area (Å²) in [4.78, 5) is 18.5. The second-order valence-corrected chi connectivity index (χ2v) is 6.94. The molecule has 0 aromatic carbocycles. The van der Waals surface area contributed by atoms with E-state index in [0.29, 0.717) is 17.9 Å². The molecule has 2 rings (SSSR count). The van der Waals surface area contributed by atoms with Gasteiger partial charge in [-0.25, -0.2) is 10.8 Å². The average molecular weight is 369 g/mol. The molecule has 0 unspecified atom stereocenters. The number of nitrogens with one attached hydrogen (secondary N) is 1. The molecule has 5 nitrogen and oxygen atoms in total. The number of aromatic nitrogens is 1. The van der Waals surface area contributed by atoms with Crippen LogP contribution in [0.4, 0.5) is 5.82 Å². The first-order chi connectivity index (χ1) is 10.0. The Labute approximate surface area is 136 Å². The Bertz CT molecular complexity index is 621. The lowest BCUT2D eigenvalue weighted by atomic mass is 10.1. The molecule has 0 aliphatic rings. The van der Waals surface area contributed by atoms with Crippen molar-refractivity contribution < 1.29 is 4.79 Å². The number of amides is 1. The van der Waals surface area contributed by atoms with Gasteiger partial charge < -0.3 is 10.3 Å². The van der Waals surface area contributed by atoms with Gasteiger partial charge >= 0.3 is 0 Å². The van der Waals surface area contributed by atoms with E-state index in [2.05, 4.69) is 26.3 Å². The summed E-state index contributed by atoms with van der Waals surface area (Å²) >= 11 is 5.03. The number of nitrogens with two attached hydrogens (primary N) is 1. The SMILES string of the molecule is CCc1cc(C(=O)N(C)Cc2csc(Br)c2)cc(NN)n1. The van der Waals surface area contributed by atoms with Crippen molar-refractivity contribution in [1.29, 1.82) is 0 Å². The summed E-state index contributed by atoms with van der Waals surface area (Å²) in [5.41, 5.74) is 5.03. The zero-order valence-electron chi connectivity index (χ0n) is 11.9. The van der Waals surface area contributed by atoms with E-state index in [1.165, 1.54) is 0 Å². The number of rotatable bonds is 5. The highest BCUT2D eigenvalue weighted by molar-refractivity contribution is 9.11. The van der Waals surface area contributed by atoms with Gasteiger partial charge in [0.1, 0.15) is 5.82 Å². The lowest BCUT2D eigenvalue weighted by Gasteiger charge is -2.17. The Balaban J connectivity index is 2.18. The molecule has 112 valence electrons. The minimum Gasteiger partial charge on any atom is -0.337 e. The van der Waals surface area contributed by atoms with Gasteiger partial charge in [-0.15, -0.1) is 11.3 Å². The lowest BCUT2D eigenvalue weighted by Crippen LogP contribution is -2.26. The molecule has 1 amide bonds. The van der Waals surface area contributed by atoms with E-state index in [4.69, 9.17) is 5.84 Å². The summed E-state index contributed by atoms with van der Waals surface area (Å²) in [5, 5.41) is 2.03. The van der Waals surface area contributed by atoms with Crippen molar-refractivity contribution in [1.82, 2.24) is 9.88 Å². The summed E-state index contributed by atoms with van der Waals surface area (Å²) in [6.45, 7) is 2.56. The molecule has 0 saturated carbocycles. The van der Waals surface area contributed by atoms with Crippen LogP contribution in [0.5, 0.6) is 0 Å². The minimum atomic E-state index is -0.0501. The van der Waals surface area contributed by atoms with E-state index in [0.717, 1.165) is 21.5 Å². The average Bonchev–Trinajstić information content (AvgIpc) is 2.90. The number of hydrogen-bond donors (Lipinski definition) is 2. The molecule has 0 fully saturated rings. The molecule has 2 aromatic rings. The van der Waals surface area contributed by atoms with Gasteiger partial charge in [0.15, 0.2) is 0 Å². The number of anilines is 1. The van der Waals surface area contributed by atoms with Gasteiger partial charge in [-0.05, 0) is 51.5 Å². The predicted octanol–water partition coefficient (Wildman–Crippen LogP) is 3.03. The second-order valence-electron chi connectivity index (χ2n) is 4.65. The predicted molar refractivity (Wildman–Crippen MR) is 89.2 cm³/mol. The molecule has 2 aromatic heterocycles. The molecular weight excluding hydrogens is 352 g/mol. The van der Waals surface area contributed by atoms with Crippen molar-refractivity contribution in [2.24, 2.45) is 5.84 Å². The summed E-state index contributed by atoms with van der Waals surface area (Å²) in [6.07, 6.45) is 0.747. The Morgan fingerprint density at radius 2 is 2.24 bits per heavy atom. The van der Waals surface area contributed by atoms with E-state index < -0.39 is 0 Å². The van der Waals surface area contributed by atoms with Crippen LogP contribution in [0.2, 0.25) is 0 Å². The minimum absolute atomic E-state index is 0.0501. The molecule has 0 atom stereocenters. The number of carbonyl (C=O) groups is 1. The van der Waals surface area contributed by atoms with Crippen LogP contribution >= 0.6 is 27.3 Å². The first-order valence-corrected chi connectivity index (χ1v) is 8.16. The number of pyridine rings is 1. The summed E-state index contributed by atoms with van der Waals surface area (Å²) in [5.74, 6) is 5.86. The largest absolute Gasteiger partial charge is 0.337 e. The number of hydrazine groups is 1. The van der Waals surface area contributed by atoms with Crippen LogP contribution in [0.15, 0.2) is 27.4 Å². The maximum Gasteiger partial charge on any atom is 0.254 e. The third-order valence-electron chi connectivity index (χ3n) is 3.02. The van der Waals surface area contributed by atoms with Crippen molar-refractivity contribution in [3.8, 4) is 0 Å². The number of thiophene rings is 1. The van der Waals surface area contributed by atoms with Gasteiger partial charge in [-0.3, -0.25) is 4.79 Å². The third-order valence-corrected chi connectivity index (χ3v) is 4.58. The Morgan fingerprint density at radius 1 is 1.48 bits per heavy atom. The van der Waals surface area contributed by atoms with Crippen LogP contribution in [-0.2, 0) is 13.0 Å². The fraction of sp³-hybridized carbons (Fsp3) is 0.286. The van der Waals surface area contributed by atoms with Gasteiger partial charge in [0.2, 0.25) is 0 Å². The lowest BCUT2D eigenvalue weighted by molar-refractivity contribution is 0.0785. The third kappa shape index (κ3) is 4.03. The Hall–Kier alpha value is -1.44. The molecule has 0 aliphatic heterocycles. The smallest absolute Gasteiger partial charge is 0.254 e. The normalized spacial score (nSPS) is 10.5. The van der Waals surface area contributed by atoms with E-state index in [1.54, 1.807) is 29.4 Å². The quantitative estimate of drug-likeness (QED) is 0.628. The first kappa shape index (κ1) is 15.9. The van der Waals surface area contributed by atoms with Crippen LogP contribution in [-0.4, -0.2) is 22.8 Å². The Morgan fingerprint density at radius 3 is 2.81 bits per heavy atom. The number of halogens is 1. The molecule has 2 heterocycles. The number of aryl methyl sites for hydroxylation is 1. The summed E-state index contributed by atoms with van der Waals surface area (Å²) in [7, 11) is 1.79. The van der Waals surface area contributed by atoms with Crippen molar-refractivity contribution in [2.75, 3.05) is 12.5 Å². The topological polar surface area (TPSA) is 71.2 Å². The van der Waals surface area contributed by atoms with E-state index in [1.807, 2.05) is 24.4 Å². The summed E-state index contributed by atoms with van der Waals surface area (Å²) in [6, 6.07) is 5.50. The van der Waals surface area contributed by atoms with Crippen molar-refractivity contribution in [3.63, 3.8) is 0 Å². The molecule has 7 heteroatoms. The van der Waals surface area contributed by atoms with Crippen LogP contribution in [0.25, 0.3) is 0 Å². The standard InChI is InChI=1S/C14H17BrN4OS/c1-3-11-5-10(6-13(17-11)18-16)14(20)19(2)7-9-4-12(15)21-8-9/h4-6,8H,3,7,16H2,1-2H3,(H,17,18). The van der Waals surface area contributed by atoms with Gasteiger partial charge in [0.25, 0.3) is 5.91 Å². The highest BCUT2D eigenvalue weighted by atomic mass is 79.9. The molecule has 0 aliphatic carbocycles. The highest BCUT2D eigenvalue weighted by Crippen LogP contribution is 2.22. The molecule has 0 spiro atoms. The highest BCUT2D eigenvalue weighted by Gasteiger charge is 2.15. The van der Waals surface area contributed by atoms with Crippen LogP contribution in [0.3, 0.4) is 0 Å². The maximum absolute atomic E-state index is 12.5. The van der Waals surface area contributed by atoms with E-state index >= 15 is 0 Å². The molecule has 21 heavy (non-hydrogen) atoms. The summed E-state index contributed by atoms with van der Waals surface area (Å²) < 4.78 is 1.06. The number of carbonyl (C=O) groups excluding carboxylic acids is 1. The fourth-order valence-electron chi connectivity index (χ4n) is 1.96. The molecular formula is C14H17BrN4OS. The molecule has 0 radical (unpaired) electrons. The zero-order chi connectivity index (χ0) is 15.4. The van der Waals surface area contributed by atoms with Gasteiger partial charge in [0.05, 0.1) is 3.79 Å². The zero-order valence-corrected chi connectivity index (χ0v) is 14.3. The Kier molecular flexibility index (Phi) is 5.33. The van der Waals surface area contributed by atoms with Crippen molar-refractivity contribution >= 4 is 39.0 Å². The monoisotopic (exact) mass is 368 g/mol. The van der Waals surface area contributed by atoms with Crippen molar-refractivity contribution in [2.45, 2.75) is 19.9 Å². The van der Waals surface area contributed by atoms with Gasteiger partial charge in [0, 0.05) is 24.8 Å². The first-order valence-electron chi connectivity index (χ1n) is 6.49. The van der Waals surface area contributed by atoms with E-state index in [-0.39, 0.29) is 5.91 Å². The number of nitrogen functional groups attached to an aromatic ring is 1. The van der Waals surface area contributed by atoms with Crippen LogP contribution in [0, 0.1) is 0 Å². The van der Waals surface area contributed by atoms with Gasteiger partial charge in [-0.1, -0.05) is 6.92 Å². The van der Waals surface area contributed by atoms with Gasteiger partial charge in [-0.2, -0.15) is 0 Å². The molecule has 3 N–H and O–H groups in total. The van der Waals surface area contributed by atoms with E-state index in [9.17, 15) is 4.79 Å². The fourth-order valence-corrected chi connectivity index (χ4v) is 3.16. The van der Waals surface area contributed by atoms with Crippen LogP contribution in [0.1, 0.15) is 28.5 Å².